The zero-order valence-corrected chi connectivity index (χ0v) is 18.8. The Labute approximate surface area is 184 Å². The summed E-state index contributed by atoms with van der Waals surface area (Å²) in [6, 6.07) is 9.50. The molecule has 0 radical (unpaired) electrons. The van der Waals surface area contributed by atoms with Crippen molar-refractivity contribution in [1.29, 1.82) is 0 Å². The molecule has 0 spiro atoms. The first-order valence-electron chi connectivity index (χ1n) is 10.5. The van der Waals surface area contributed by atoms with Crippen LogP contribution in [-0.2, 0) is 22.7 Å². The van der Waals surface area contributed by atoms with E-state index in [0.717, 1.165) is 24.9 Å². The Kier molecular flexibility index (Phi) is 6.33. The fourth-order valence-corrected chi connectivity index (χ4v) is 5.00. The lowest BCUT2D eigenvalue weighted by Gasteiger charge is -2.23. The molecule has 1 N–H and O–H groups in total. The van der Waals surface area contributed by atoms with Crippen LogP contribution in [0.4, 0.5) is 5.13 Å². The van der Waals surface area contributed by atoms with E-state index in [2.05, 4.69) is 15.3 Å². The maximum Gasteiger partial charge on any atom is 0.281 e. The normalized spacial score (nSPS) is 16.4. The van der Waals surface area contributed by atoms with Crippen molar-refractivity contribution in [3.8, 4) is 0 Å². The summed E-state index contributed by atoms with van der Waals surface area (Å²) in [5.41, 5.74) is 1.24. The highest BCUT2D eigenvalue weighted by molar-refractivity contribution is 7.21. The molecule has 4 rings (SSSR count). The van der Waals surface area contributed by atoms with Crippen molar-refractivity contribution in [2.45, 2.75) is 51.9 Å². The van der Waals surface area contributed by atoms with Gasteiger partial charge in [0.2, 0.25) is 5.91 Å². The van der Waals surface area contributed by atoms with Crippen LogP contribution in [0.2, 0.25) is 0 Å². The van der Waals surface area contributed by atoms with Gasteiger partial charge in [0, 0.05) is 26.2 Å². The molecule has 1 atom stereocenters. The quantitative estimate of drug-likeness (QED) is 0.606. The van der Waals surface area contributed by atoms with Crippen molar-refractivity contribution in [2.24, 2.45) is 0 Å². The second kappa shape index (κ2) is 9.15. The lowest BCUT2D eigenvalue weighted by Crippen LogP contribution is -2.43. The smallest absolute Gasteiger partial charge is 0.281 e. The van der Waals surface area contributed by atoms with E-state index in [9.17, 15) is 9.59 Å². The molecule has 8 nitrogen and oxygen atoms in total. The van der Waals surface area contributed by atoms with Crippen molar-refractivity contribution in [2.75, 3.05) is 18.6 Å². The summed E-state index contributed by atoms with van der Waals surface area (Å²) in [7, 11) is 1.59. The average molecular weight is 442 g/mol. The van der Waals surface area contributed by atoms with Crippen molar-refractivity contribution in [3.63, 3.8) is 0 Å². The minimum atomic E-state index is -0.296. The zero-order chi connectivity index (χ0) is 22.0. The molecule has 0 bridgehead atoms. The van der Waals surface area contributed by atoms with E-state index in [1.165, 1.54) is 11.3 Å². The van der Waals surface area contributed by atoms with E-state index >= 15 is 0 Å². The maximum absolute atomic E-state index is 13.1. The number of carbonyl (C=O) groups excluding carboxylic acids is 1. The molecular weight excluding hydrogens is 414 g/mol. The number of nitrogens with zero attached hydrogens (tertiary/aromatic N) is 4. The number of amides is 1. The minimum absolute atomic E-state index is 0.0202. The molecule has 1 fully saturated rings. The molecule has 9 heteroatoms. The van der Waals surface area contributed by atoms with Gasteiger partial charge >= 0.3 is 0 Å². The number of carbonyl (C=O) groups is 1. The first-order chi connectivity index (χ1) is 15.0. The Hall–Kier alpha value is -2.78. The molecule has 31 heavy (non-hydrogen) atoms. The van der Waals surface area contributed by atoms with Crippen LogP contribution in [0.3, 0.4) is 0 Å². The van der Waals surface area contributed by atoms with Gasteiger partial charge < -0.3 is 15.0 Å². The van der Waals surface area contributed by atoms with Crippen molar-refractivity contribution < 1.29 is 9.53 Å². The lowest BCUT2D eigenvalue weighted by atomic mass is 10.2. The molecule has 0 aliphatic carbocycles. The fraction of sp³-hybridized carbons (Fsp3) is 0.455. The monoisotopic (exact) mass is 441 g/mol. The molecule has 0 saturated carbocycles. The largest absolute Gasteiger partial charge is 0.377 e. The summed E-state index contributed by atoms with van der Waals surface area (Å²) in [5.74, 6) is 0.567. The van der Waals surface area contributed by atoms with E-state index in [1.807, 2.05) is 49.1 Å². The van der Waals surface area contributed by atoms with Crippen LogP contribution in [0.5, 0.6) is 0 Å². The van der Waals surface area contributed by atoms with Gasteiger partial charge in [-0.2, -0.15) is 0 Å². The van der Waals surface area contributed by atoms with Crippen LogP contribution in [0.25, 0.3) is 10.3 Å². The predicted octanol–water partition coefficient (Wildman–Crippen LogP) is 2.87. The van der Waals surface area contributed by atoms with E-state index < -0.39 is 0 Å². The molecule has 1 aliphatic rings. The SMILES string of the molecule is COCc1nc2sc(N3CCCC3C(=O)NCc3ccccc3)nc2c(=O)n1C(C)C. The van der Waals surface area contributed by atoms with E-state index in [-0.39, 0.29) is 30.2 Å². The van der Waals surface area contributed by atoms with Gasteiger partial charge in [-0.1, -0.05) is 41.7 Å². The van der Waals surface area contributed by atoms with Gasteiger partial charge in [-0.15, -0.1) is 0 Å². The minimum Gasteiger partial charge on any atom is -0.377 e. The van der Waals surface area contributed by atoms with Gasteiger partial charge in [0.15, 0.2) is 15.5 Å². The number of ether oxygens (including phenoxy) is 1. The molecule has 1 amide bonds. The third-order valence-corrected chi connectivity index (χ3v) is 6.41. The predicted molar refractivity (Wildman–Crippen MR) is 121 cm³/mol. The number of nitrogens with one attached hydrogen (secondary N) is 1. The van der Waals surface area contributed by atoms with Crippen LogP contribution >= 0.6 is 11.3 Å². The molecule has 1 unspecified atom stereocenters. The topological polar surface area (TPSA) is 89.3 Å². The first-order valence-corrected chi connectivity index (χ1v) is 11.3. The lowest BCUT2D eigenvalue weighted by molar-refractivity contribution is -0.122. The number of anilines is 1. The first kappa shape index (κ1) is 21.5. The third kappa shape index (κ3) is 4.33. The van der Waals surface area contributed by atoms with Crippen LogP contribution in [-0.4, -0.2) is 40.1 Å². The Bertz CT molecular complexity index is 1130. The summed E-state index contributed by atoms with van der Waals surface area (Å²) >= 11 is 1.36. The van der Waals surface area contributed by atoms with Crippen LogP contribution in [0, 0.1) is 0 Å². The molecule has 1 saturated heterocycles. The highest BCUT2D eigenvalue weighted by atomic mass is 32.1. The summed E-state index contributed by atoms with van der Waals surface area (Å²) in [4.78, 5) is 37.8. The highest BCUT2D eigenvalue weighted by Gasteiger charge is 2.33. The molecule has 3 aromatic rings. The number of hydrogen-bond acceptors (Lipinski definition) is 7. The summed E-state index contributed by atoms with van der Waals surface area (Å²) in [5, 5.41) is 3.70. The van der Waals surface area contributed by atoms with Gasteiger partial charge in [0.1, 0.15) is 18.5 Å². The van der Waals surface area contributed by atoms with Gasteiger partial charge in [-0.3, -0.25) is 14.2 Å². The van der Waals surface area contributed by atoms with Crippen molar-refractivity contribution in [3.05, 3.63) is 52.1 Å². The molecule has 3 heterocycles. The molecule has 1 aromatic carbocycles. The summed E-state index contributed by atoms with van der Waals surface area (Å²) in [6.07, 6.45) is 1.66. The van der Waals surface area contributed by atoms with E-state index in [0.29, 0.717) is 27.8 Å². The standard InChI is InChI=1S/C22H27N5O3S/c1-14(2)27-17(13-30-3)24-20-18(21(27)29)25-22(31-20)26-11-7-10-16(26)19(28)23-12-15-8-5-4-6-9-15/h4-6,8-9,14,16H,7,10-13H2,1-3H3,(H,23,28). The number of thiazole rings is 1. The molecular formula is C22H27N5O3S. The Morgan fingerprint density at radius 1 is 1.29 bits per heavy atom. The van der Waals surface area contributed by atoms with Crippen LogP contribution < -0.4 is 15.8 Å². The van der Waals surface area contributed by atoms with Gasteiger partial charge in [0.05, 0.1) is 0 Å². The number of aromatic nitrogens is 3. The maximum atomic E-state index is 13.1. The van der Waals surface area contributed by atoms with Gasteiger partial charge in [-0.05, 0) is 32.3 Å². The number of rotatable bonds is 7. The second-order valence-corrected chi connectivity index (χ2v) is 8.89. The van der Waals surface area contributed by atoms with E-state index in [4.69, 9.17) is 4.74 Å². The van der Waals surface area contributed by atoms with Crippen molar-refractivity contribution in [1.82, 2.24) is 19.9 Å². The molecule has 164 valence electrons. The molecule has 2 aromatic heterocycles. The number of hydrogen-bond donors (Lipinski definition) is 1. The van der Waals surface area contributed by atoms with Gasteiger partial charge in [0.25, 0.3) is 5.56 Å². The third-order valence-electron chi connectivity index (χ3n) is 5.43. The Morgan fingerprint density at radius 3 is 2.77 bits per heavy atom. The number of benzene rings is 1. The second-order valence-electron chi connectivity index (χ2n) is 7.93. The average Bonchev–Trinajstić information content (AvgIpc) is 3.40. The summed E-state index contributed by atoms with van der Waals surface area (Å²) < 4.78 is 6.87. The van der Waals surface area contributed by atoms with E-state index in [1.54, 1.807) is 11.7 Å². The number of fused-ring (bicyclic) bond motifs is 1. The Morgan fingerprint density at radius 2 is 2.06 bits per heavy atom. The molecule has 1 aliphatic heterocycles. The fourth-order valence-electron chi connectivity index (χ4n) is 3.98. The van der Waals surface area contributed by atoms with Crippen LogP contribution in [0.15, 0.2) is 35.1 Å². The van der Waals surface area contributed by atoms with Crippen LogP contribution in [0.1, 0.15) is 44.1 Å². The van der Waals surface area contributed by atoms with Crippen molar-refractivity contribution >= 4 is 32.7 Å². The summed E-state index contributed by atoms with van der Waals surface area (Å²) in [6.45, 7) is 5.35. The van der Waals surface area contributed by atoms with Gasteiger partial charge in [-0.25, -0.2) is 9.97 Å². The zero-order valence-electron chi connectivity index (χ0n) is 18.0. The Balaban J connectivity index is 1.60. The highest BCUT2D eigenvalue weighted by Crippen LogP contribution is 2.32. The number of methoxy groups -OCH3 is 1.